The van der Waals surface area contributed by atoms with Crippen LogP contribution in [0.3, 0.4) is 0 Å². The fraction of sp³-hybridized carbons (Fsp3) is 0.350. The number of morpholine rings is 1. The van der Waals surface area contributed by atoms with Crippen LogP contribution >= 0.6 is 0 Å². The molecule has 0 unspecified atom stereocenters. The first-order chi connectivity index (χ1) is 13.1. The summed E-state index contributed by atoms with van der Waals surface area (Å²) in [6.07, 6.45) is 1.59. The number of hydrogen-bond acceptors (Lipinski definition) is 6. The molecule has 1 aromatic carbocycles. The average molecular weight is 364 g/mol. The van der Waals surface area contributed by atoms with Gasteiger partial charge in [-0.15, -0.1) is 0 Å². The Kier molecular flexibility index (Phi) is 4.77. The molecule has 27 heavy (non-hydrogen) atoms. The van der Waals surface area contributed by atoms with Gasteiger partial charge in [0.1, 0.15) is 12.1 Å². The van der Waals surface area contributed by atoms with Gasteiger partial charge < -0.3 is 15.0 Å². The molecule has 7 heteroatoms. The highest BCUT2D eigenvalue weighted by Gasteiger charge is 2.14. The van der Waals surface area contributed by atoms with E-state index in [4.69, 9.17) is 4.74 Å². The van der Waals surface area contributed by atoms with Crippen LogP contribution < -0.4 is 10.2 Å². The Labute approximate surface area is 159 Å². The topological polar surface area (TPSA) is 68.1 Å². The number of nitrogens with one attached hydrogen (secondary N) is 1. The average Bonchev–Trinajstić information content (AvgIpc) is 2.95. The van der Waals surface area contributed by atoms with Crippen LogP contribution in [0.5, 0.6) is 0 Å². The minimum absolute atomic E-state index is 0.766. The van der Waals surface area contributed by atoms with Gasteiger partial charge in [0, 0.05) is 48.8 Å². The molecule has 2 aromatic heterocycles. The minimum Gasteiger partial charge on any atom is -0.378 e. The lowest BCUT2D eigenvalue weighted by molar-refractivity contribution is 0.122. The second-order valence-corrected chi connectivity index (χ2v) is 6.73. The van der Waals surface area contributed by atoms with Crippen molar-refractivity contribution in [2.45, 2.75) is 13.8 Å². The quantitative estimate of drug-likeness (QED) is 0.767. The minimum atomic E-state index is 0.766. The molecule has 3 aromatic rings. The Morgan fingerprint density at radius 1 is 1.04 bits per heavy atom. The highest BCUT2D eigenvalue weighted by atomic mass is 16.5. The summed E-state index contributed by atoms with van der Waals surface area (Å²) < 4.78 is 7.29. The zero-order valence-electron chi connectivity index (χ0n) is 15.9. The maximum atomic E-state index is 5.42. The smallest absolute Gasteiger partial charge is 0.134 e. The molecule has 1 fully saturated rings. The number of benzene rings is 1. The van der Waals surface area contributed by atoms with Gasteiger partial charge in [-0.2, -0.15) is 5.10 Å². The maximum absolute atomic E-state index is 5.42. The van der Waals surface area contributed by atoms with Crippen molar-refractivity contribution in [1.29, 1.82) is 0 Å². The van der Waals surface area contributed by atoms with Crippen molar-refractivity contribution < 1.29 is 4.74 Å². The lowest BCUT2D eigenvalue weighted by Gasteiger charge is -2.28. The predicted molar refractivity (Wildman–Crippen MR) is 106 cm³/mol. The van der Waals surface area contributed by atoms with Gasteiger partial charge in [0.2, 0.25) is 0 Å². The molecule has 1 saturated heterocycles. The molecule has 1 N–H and O–H groups in total. The summed E-state index contributed by atoms with van der Waals surface area (Å²) in [6, 6.07) is 10.4. The highest BCUT2D eigenvalue weighted by Crippen LogP contribution is 2.27. The molecule has 140 valence electrons. The normalized spacial score (nSPS) is 14.4. The van der Waals surface area contributed by atoms with E-state index in [9.17, 15) is 0 Å². The van der Waals surface area contributed by atoms with E-state index in [-0.39, 0.29) is 0 Å². The summed E-state index contributed by atoms with van der Waals surface area (Å²) in [5.41, 5.74) is 6.21. The molecule has 0 amide bonds. The molecule has 0 saturated carbocycles. The predicted octanol–water partition coefficient (Wildman–Crippen LogP) is 3.07. The number of anilines is 3. The monoisotopic (exact) mass is 364 g/mol. The molecule has 0 bridgehead atoms. The third kappa shape index (κ3) is 3.64. The van der Waals surface area contributed by atoms with E-state index in [1.165, 1.54) is 5.69 Å². The van der Waals surface area contributed by atoms with Gasteiger partial charge in [0.25, 0.3) is 0 Å². The van der Waals surface area contributed by atoms with Gasteiger partial charge in [0.05, 0.1) is 24.6 Å². The number of ether oxygens (including phenoxy) is 1. The van der Waals surface area contributed by atoms with Gasteiger partial charge in [-0.1, -0.05) is 0 Å². The van der Waals surface area contributed by atoms with E-state index >= 15 is 0 Å². The molecule has 4 rings (SSSR count). The van der Waals surface area contributed by atoms with Crippen LogP contribution in [0, 0.1) is 13.8 Å². The van der Waals surface area contributed by atoms with Gasteiger partial charge in [0.15, 0.2) is 0 Å². The molecular weight excluding hydrogens is 340 g/mol. The molecular formula is C20H24N6O. The van der Waals surface area contributed by atoms with Crippen LogP contribution in [0.25, 0.3) is 11.3 Å². The van der Waals surface area contributed by atoms with E-state index in [1.54, 1.807) is 6.33 Å². The molecule has 0 aliphatic carbocycles. The highest BCUT2D eigenvalue weighted by molar-refractivity contribution is 5.69. The van der Waals surface area contributed by atoms with Crippen LogP contribution in [0.15, 0.2) is 36.7 Å². The summed E-state index contributed by atoms with van der Waals surface area (Å²) in [7, 11) is 1.95. The first-order valence-corrected chi connectivity index (χ1v) is 9.14. The molecule has 0 radical (unpaired) electrons. The maximum Gasteiger partial charge on any atom is 0.134 e. The second kappa shape index (κ2) is 7.36. The number of nitrogens with zero attached hydrogens (tertiary/aromatic N) is 5. The van der Waals surface area contributed by atoms with Crippen LogP contribution in [-0.4, -0.2) is 46.1 Å². The molecule has 7 nitrogen and oxygen atoms in total. The summed E-state index contributed by atoms with van der Waals surface area (Å²) in [4.78, 5) is 11.1. The Hall–Kier alpha value is -2.93. The van der Waals surface area contributed by atoms with Crippen molar-refractivity contribution in [2.24, 2.45) is 7.05 Å². The van der Waals surface area contributed by atoms with Crippen molar-refractivity contribution in [2.75, 3.05) is 36.5 Å². The van der Waals surface area contributed by atoms with E-state index in [2.05, 4.69) is 56.5 Å². The van der Waals surface area contributed by atoms with Gasteiger partial charge >= 0.3 is 0 Å². The van der Waals surface area contributed by atoms with Crippen LogP contribution in [0.1, 0.15) is 11.4 Å². The third-order valence-corrected chi connectivity index (χ3v) is 4.95. The fourth-order valence-electron chi connectivity index (χ4n) is 3.43. The molecule has 0 spiro atoms. The van der Waals surface area contributed by atoms with E-state index in [1.807, 2.05) is 24.7 Å². The van der Waals surface area contributed by atoms with Crippen LogP contribution in [-0.2, 0) is 11.8 Å². The molecule has 0 atom stereocenters. The van der Waals surface area contributed by atoms with E-state index in [0.717, 1.165) is 60.5 Å². The van der Waals surface area contributed by atoms with Crippen molar-refractivity contribution in [3.05, 3.63) is 48.0 Å². The Morgan fingerprint density at radius 2 is 1.78 bits per heavy atom. The summed E-state index contributed by atoms with van der Waals surface area (Å²) in [5, 5.41) is 7.85. The first kappa shape index (κ1) is 17.5. The first-order valence-electron chi connectivity index (χ1n) is 9.14. The standard InChI is InChI=1S/C20H24N6O/c1-14-20(15(2)25(3)24-14)18-12-19(22-13-21-18)23-16-4-6-17(7-5-16)26-8-10-27-11-9-26/h4-7,12-13H,8-11H2,1-3H3,(H,21,22,23). The van der Waals surface area contributed by atoms with Crippen molar-refractivity contribution >= 4 is 17.2 Å². The third-order valence-electron chi connectivity index (χ3n) is 4.95. The van der Waals surface area contributed by atoms with E-state index in [0.29, 0.717) is 0 Å². The molecule has 3 heterocycles. The van der Waals surface area contributed by atoms with E-state index < -0.39 is 0 Å². The number of aryl methyl sites for hydroxylation is 2. The largest absolute Gasteiger partial charge is 0.378 e. The zero-order chi connectivity index (χ0) is 18.8. The fourth-order valence-corrected chi connectivity index (χ4v) is 3.43. The van der Waals surface area contributed by atoms with Gasteiger partial charge in [-0.25, -0.2) is 9.97 Å². The molecule has 1 aliphatic rings. The Bertz CT molecular complexity index is 928. The summed E-state index contributed by atoms with van der Waals surface area (Å²) in [5.74, 6) is 0.766. The SMILES string of the molecule is Cc1nn(C)c(C)c1-c1cc(Nc2ccc(N3CCOCC3)cc2)ncn1. The summed E-state index contributed by atoms with van der Waals surface area (Å²) in [6.45, 7) is 7.50. The zero-order valence-corrected chi connectivity index (χ0v) is 15.9. The van der Waals surface area contributed by atoms with Crippen molar-refractivity contribution in [3.63, 3.8) is 0 Å². The second-order valence-electron chi connectivity index (χ2n) is 6.73. The van der Waals surface area contributed by atoms with Gasteiger partial charge in [-0.05, 0) is 38.1 Å². The van der Waals surface area contributed by atoms with Crippen molar-refractivity contribution in [1.82, 2.24) is 19.7 Å². The molecule has 1 aliphatic heterocycles. The lowest BCUT2D eigenvalue weighted by atomic mass is 10.1. The Morgan fingerprint density at radius 3 is 2.44 bits per heavy atom. The lowest BCUT2D eigenvalue weighted by Crippen LogP contribution is -2.36. The number of hydrogen-bond donors (Lipinski definition) is 1. The van der Waals surface area contributed by atoms with Crippen LogP contribution in [0.2, 0.25) is 0 Å². The van der Waals surface area contributed by atoms with Crippen LogP contribution in [0.4, 0.5) is 17.2 Å². The van der Waals surface area contributed by atoms with Crippen molar-refractivity contribution in [3.8, 4) is 11.3 Å². The number of rotatable bonds is 4. The number of aromatic nitrogens is 4. The Balaban J connectivity index is 1.53. The van der Waals surface area contributed by atoms with Gasteiger partial charge in [-0.3, -0.25) is 4.68 Å². The summed E-state index contributed by atoms with van der Waals surface area (Å²) >= 11 is 0.